The Morgan fingerprint density at radius 2 is 1.59 bits per heavy atom. The molecular weight excluding hydrogens is 378 g/mol. The number of nitrogens with zero attached hydrogens (tertiary/aromatic N) is 1. The zero-order valence-corrected chi connectivity index (χ0v) is 17.8. The molecule has 0 aromatic heterocycles. The third-order valence-electron chi connectivity index (χ3n) is 4.76. The zero-order valence-electron chi connectivity index (χ0n) is 17.0. The minimum Gasteiger partial charge on any atom is -0.481 e. The molecule has 0 radical (unpaired) electrons. The average molecular weight is 406 g/mol. The largest absolute Gasteiger partial charge is 0.481 e. The van der Waals surface area contributed by atoms with Gasteiger partial charge in [0, 0.05) is 29.4 Å². The van der Waals surface area contributed by atoms with Crippen molar-refractivity contribution in [2.24, 2.45) is 0 Å². The van der Waals surface area contributed by atoms with Crippen molar-refractivity contribution in [3.63, 3.8) is 0 Å². The van der Waals surface area contributed by atoms with Gasteiger partial charge in [0.05, 0.1) is 6.42 Å². The molecule has 0 saturated carbocycles. The second kappa shape index (κ2) is 10.3. The van der Waals surface area contributed by atoms with Crippen molar-refractivity contribution < 1.29 is 9.90 Å². The maximum atomic E-state index is 11.1. The van der Waals surface area contributed by atoms with E-state index < -0.39 is 5.97 Å². The molecule has 0 aliphatic rings. The maximum absolute atomic E-state index is 11.1. The number of carbonyl (C=O) groups is 1. The molecule has 0 atom stereocenters. The first-order valence-electron chi connectivity index (χ1n) is 9.82. The molecule has 3 rings (SSSR count). The molecule has 0 amide bonds. The van der Waals surface area contributed by atoms with Crippen molar-refractivity contribution in [2.45, 2.75) is 43.1 Å². The molecule has 0 heterocycles. The maximum Gasteiger partial charge on any atom is 0.304 e. The van der Waals surface area contributed by atoms with E-state index in [9.17, 15) is 4.79 Å². The van der Waals surface area contributed by atoms with Crippen molar-refractivity contribution in [3.05, 3.63) is 95.1 Å². The Bertz CT molecular complexity index is 970. The van der Waals surface area contributed by atoms with Crippen LogP contribution >= 0.6 is 11.8 Å². The van der Waals surface area contributed by atoms with Crippen molar-refractivity contribution in [2.75, 3.05) is 6.54 Å². The van der Waals surface area contributed by atoms with Crippen LogP contribution in [0, 0.1) is 13.8 Å². The lowest BCUT2D eigenvalue weighted by Gasteiger charge is -2.22. The Kier molecular flexibility index (Phi) is 7.50. The average Bonchev–Trinajstić information content (AvgIpc) is 2.68. The molecule has 1 N–H and O–H groups in total. The van der Waals surface area contributed by atoms with Crippen LogP contribution in [0.4, 0.5) is 0 Å². The highest BCUT2D eigenvalue weighted by Crippen LogP contribution is 2.30. The Morgan fingerprint density at radius 3 is 2.28 bits per heavy atom. The van der Waals surface area contributed by atoms with E-state index in [2.05, 4.69) is 91.5 Å². The van der Waals surface area contributed by atoms with Crippen LogP contribution in [0.25, 0.3) is 0 Å². The van der Waals surface area contributed by atoms with Crippen LogP contribution < -0.4 is 0 Å². The third kappa shape index (κ3) is 6.77. The van der Waals surface area contributed by atoms with E-state index in [0.29, 0.717) is 6.54 Å². The van der Waals surface area contributed by atoms with Crippen LogP contribution in [0.15, 0.2) is 82.6 Å². The molecule has 3 aromatic carbocycles. The number of carboxylic acids is 1. The van der Waals surface area contributed by atoms with E-state index in [1.165, 1.54) is 32.0 Å². The lowest BCUT2D eigenvalue weighted by molar-refractivity contribution is -0.137. The van der Waals surface area contributed by atoms with Crippen LogP contribution in [0.3, 0.4) is 0 Å². The first kappa shape index (κ1) is 21.2. The summed E-state index contributed by atoms with van der Waals surface area (Å²) in [6, 6.07) is 25.3. The normalized spacial score (nSPS) is 11.0. The molecule has 0 unspecified atom stereocenters. The van der Waals surface area contributed by atoms with Gasteiger partial charge in [0.2, 0.25) is 0 Å². The number of rotatable bonds is 9. The molecule has 29 heavy (non-hydrogen) atoms. The summed E-state index contributed by atoms with van der Waals surface area (Å²) in [5, 5.41) is 9.14. The predicted octanol–water partition coefficient (Wildman–Crippen LogP) is 5.93. The molecule has 0 aliphatic heterocycles. The summed E-state index contributed by atoms with van der Waals surface area (Å²) in [5.74, 6) is -0.761. The molecule has 0 saturated heterocycles. The number of hydrogen-bond donors (Lipinski definition) is 1. The first-order valence-corrected chi connectivity index (χ1v) is 10.6. The van der Waals surface area contributed by atoms with Gasteiger partial charge in [-0.15, -0.1) is 0 Å². The summed E-state index contributed by atoms with van der Waals surface area (Å²) in [4.78, 5) is 15.8. The van der Waals surface area contributed by atoms with Crippen molar-refractivity contribution in [1.29, 1.82) is 0 Å². The van der Waals surface area contributed by atoms with Gasteiger partial charge < -0.3 is 5.11 Å². The van der Waals surface area contributed by atoms with E-state index in [0.717, 1.165) is 13.1 Å². The number of aliphatic carboxylic acids is 1. The number of benzene rings is 3. The minimum absolute atomic E-state index is 0.142. The second-order valence-electron chi connectivity index (χ2n) is 7.36. The van der Waals surface area contributed by atoms with Crippen molar-refractivity contribution in [3.8, 4) is 0 Å². The van der Waals surface area contributed by atoms with E-state index >= 15 is 0 Å². The summed E-state index contributed by atoms with van der Waals surface area (Å²) >= 11 is 1.77. The summed E-state index contributed by atoms with van der Waals surface area (Å²) in [6.07, 6.45) is 0.142. The van der Waals surface area contributed by atoms with E-state index in [4.69, 9.17) is 5.11 Å². The summed E-state index contributed by atoms with van der Waals surface area (Å²) in [6.45, 7) is 6.20. The van der Waals surface area contributed by atoms with Gasteiger partial charge in [-0.3, -0.25) is 9.69 Å². The highest BCUT2D eigenvalue weighted by atomic mass is 32.2. The van der Waals surface area contributed by atoms with Crippen LogP contribution in [-0.2, 0) is 17.9 Å². The zero-order chi connectivity index (χ0) is 20.6. The standard InChI is InChI=1S/C25H27NO2S/c1-19-7-5-9-21(15-19)17-26(14-13-25(27)28)18-22-10-6-11-23(16-22)29-24-12-4-3-8-20(24)2/h3-12,15-16H,13-14,17-18H2,1-2H3,(H,27,28). The highest BCUT2D eigenvalue weighted by molar-refractivity contribution is 7.99. The molecular formula is C25H27NO2S. The van der Waals surface area contributed by atoms with Crippen LogP contribution in [-0.4, -0.2) is 22.5 Å². The lowest BCUT2D eigenvalue weighted by atomic mass is 10.1. The Balaban J connectivity index is 1.74. The number of hydrogen-bond acceptors (Lipinski definition) is 3. The van der Waals surface area contributed by atoms with Crippen molar-refractivity contribution in [1.82, 2.24) is 4.90 Å². The molecule has 0 fully saturated rings. The fourth-order valence-electron chi connectivity index (χ4n) is 3.30. The molecule has 4 heteroatoms. The predicted molar refractivity (Wildman–Crippen MR) is 119 cm³/mol. The second-order valence-corrected chi connectivity index (χ2v) is 8.47. The SMILES string of the molecule is Cc1cccc(CN(CCC(=O)O)Cc2cccc(Sc3ccccc3C)c2)c1. The molecule has 0 spiro atoms. The smallest absolute Gasteiger partial charge is 0.304 e. The Hall–Kier alpha value is -2.56. The van der Waals surface area contributed by atoms with Gasteiger partial charge in [-0.05, 0) is 48.7 Å². The fourth-order valence-corrected chi connectivity index (χ4v) is 4.29. The molecule has 150 valence electrons. The topological polar surface area (TPSA) is 40.5 Å². The summed E-state index contributed by atoms with van der Waals surface area (Å²) in [5.41, 5.74) is 4.89. The van der Waals surface area contributed by atoms with E-state index in [1.54, 1.807) is 11.8 Å². The Labute approximate surface area is 177 Å². The van der Waals surface area contributed by atoms with Gasteiger partial charge in [-0.2, -0.15) is 0 Å². The van der Waals surface area contributed by atoms with Crippen LogP contribution in [0.1, 0.15) is 28.7 Å². The Morgan fingerprint density at radius 1 is 0.897 bits per heavy atom. The van der Waals surface area contributed by atoms with Gasteiger partial charge in [-0.25, -0.2) is 0 Å². The molecule has 0 aliphatic carbocycles. The van der Waals surface area contributed by atoms with Gasteiger partial charge in [-0.1, -0.05) is 71.9 Å². The van der Waals surface area contributed by atoms with E-state index in [-0.39, 0.29) is 6.42 Å². The van der Waals surface area contributed by atoms with Gasteiger partial charge in [0.25, 0.3) is 0 Å². The van der Waals surface area contributed by atoms with Gasteiger partial charge in [0.15, 0.2) is 0 Å². The van der Waals surface area contributed by atoms with Crippen LogP contribution in [0.2, 0.25) is 0 Å². The molecule has 0 bridgehead atoms. The third-order valence-corrected chi connectivity index (χ3v) is 5.92. The first-order chi connectivity index (χ1) is 14.0. The van der Waals surface area contributed by atoms with E-state index in [1.807, 2.05) is 0 Å². The number of aryl methyl sites for hydroxylation is 2. The summed E-state index contributed by atoms with van der Waals surface area (Å²) < 4.78 is 0. The van der Waals surface area contributed by atoms with Crippen molar-refractivity contribution >= 4 is 17.7 Å². The van der Waals surface area contributed by atoms with Gasteiger partial charge in [0.1, 0.15) is 0 Å². The lowest BCUT2D eigenvalue weighted by Crippen LogP contribution is -2.25. The minimum atomic E-state index is -0.761. The molecule has 3 nitrogen and oxygen atoms in total. The fraction of sp³-hybridized carbons (Fsp3) is 0.240. The monoisotopic (exact) mass is 405 g/mol. The summed E-state index contributed by atoms with van der Waals surface area (Å²) in [7, 11) is 0. The highest BCUT2D eigenvalue weighted by Gasteiger charge is 2.11. The number of carboxylic acid groups (broad SMARTS) is 1. The van der Waals surface area contributed by atoms with Gasteiger partial charge >= 0.3 is 5.97 Å². The molecule has 3 aromatic rings. The quantitative estimate of drug-likeness (QED) is 0.479. The van der Waals surface area contributed by atoms with Crippen LogP contribution in [0.5, 0.6) is 0 Å².